The molecule has 0 saturated heterocycles. The van der Waals surface area contributed by atoms with Crippen LogP contribution in [0.15, 0.2) is 29.5 Å². The Balaban J connectivity index is 2.11. The van der Waals surface area contributed by atoms with Gasteiger partial charge >= 0.3 is 5.97 Å². The zero-order valence-corrected chi connectivity index (χ0v) is 16.5. The molecule has 1 heterocycles. The molecule has 0 bridgehead atoms. The van der Waals surface area contributed by atoms with Crippen molar-refractivity contribution in [3.63, 3.8) is 0 Å². The van der Waals surface area contributed by atoms with E-state index in [0.29, 0.717) is 12.5 Å². The summed E-state index contributed by atoms with van der Waals surface area (Å²) in [5, 5.41) is 8.27. The average Bonchev–Trinajstić information content (AvgIpc) is 2.59. The van der Waals surface area contributed by atoms with Gasteiger partial charge in [0.05, 0.1) is 6.61 Å². The van der Waals surface area contributed by atoms with Crippen LogP contribution in [0, 0.1) is 28.4 Å². The van der Waals surface area contributed by atoms with E-state index in [1.807, 2.05) is 13.8 Å². The van der Waals surface area contributed by atoms with Gasteiger partial charge in [0.25, 0.3) is 0 Å². The summed E-state index contributed by atoms with van der Waals surface area (Å²) in [6.07, 6.45) is 0.550. The Morgan fingerprint density at radius 2 is 2.00 bits per heavy atom. The molecule has 2 unspecified atom stereocenters. The fourth-order valence-corrected chi connectivity index (χ4v) is 3.88. The molecule has 0 amide bonds. The Morgan fingerprint density at radius 1 is 1.28 bits per heavy atom. The van der Waals surface area contributed by atoms with Crippen LogP contribution in [0.25, 0.3) is 0 Å². The number of carbonyl (C=O) groups excluding carboxylic acids is 2. The van der Waals surface area contributed by atoms with Gasteiger partial charge in [-0.1, -0.05) is 19.9 Å². The second-order valence-corrected chi connectivity index (χ2v) is 8.03. The van der Waals surface area contributed by atoms with E-state index >= 15 is 0 Å². The molecule has 2 atom stereocenters. The van der Waals surface area contributed by atoms with Crippen LogP contribution in [0.5, 0.6) is 0 Å². The zero-order valence-electron chi connectivity index (χ0n) is 16.5. The van der Waals surface area contributed by atoms with Crippen molar-refractivity contribution in [1.82, 2.24) is 0 Å². The first-order valence-corrected chi connectivity index (χ1v) is 9.27. The minimum Gasteiger partial charge on any atom is -0.463 e. The molecular weight excluding hydrogens is 384 g/mol. The van der Waals surface area contributed by atoms with Crippen molar-refractivity contribution in [3.8, 4) is 0 Å². The standard InChI is InChI=1S/C21H23F2NO5/c1-21(2)9-14(25)17-15(10-21)29-19(24)18(20(26)28-7-6-27-3)16(17)12-5-4-11(22)8-13(12)23/h4-5,8,16,18,24H,6-7,9-10H2,1-3H3. The zero-order chi connectivity index (χ0) is 21.3. The van der Waals surface area contributed by atoms with Gasteiger partial charge in [0.1, 0.15) is 29.9 Å². The van der Waals surface area contributed by atoms with Crippen molar-refractivity contribution in [2.45, 2.75) is 32.6 Å². The summed E-state index contributed by atoms with van der Waals surface area (Å²) in [7, 11) is 1.44. The molecular formula is C21H23F2NO5. The van der Waals surface area contributed by atoms with Crippen LogP contribution in [0.4, 0.5) is 8.78 Å². The van der Waals surface area contributed by atoms with E-state index in [2.05, 4.69) is 0 Å². The minimum absolute atomic E-state index is 0.0475. The van der Waals surface area contributed by atoms with Crippen molar-refractivity contribution in [1.29, 1.82) is 5.41 Å². The highest BCUT2D eigenvalue weighted by molar-refractivity contribution is 6.06. The molecule has 1 aliphatic carbocycles. The minimum atomic E-state index is -1.35. The maximum absolute atomic E-state index is 14.7. The molecule has 0 saturated carbocycles. The van der Waals surface area contributed by atoms with Gasteiger partial charge in [-0.2, -0.15) is 0 Å². The van der Waals surface area contributed by atoms with E-state index in [1.54, 1.807) is 0 Å². The van der Waals surface area contributed by atoms with Crippen LogP contribution in [0.1, 0.15) is 38.2 Å². The Morgan fingerprint density at radius 3 is 2.66 bits per heavy atom. The number of esters is 1. The number of hydrogen-bond acceptors (Lipinski definition) is 6. The summed E-state index contributed by atoms with van der Waals surface area (Å²) < 4.78 is 43.7. The first kappa shape index (κ1) is 21.1. The molecule has 3 rings (SSSR count). The number of ether oxygens (including phenoxy) is 3. The van der Waals surface area contributed by atoms with Crippen LogP contribution in [-0.2, 0) is 23.8 Å². The molecule has 0 radical (unpaired) electrons. The van der Waals surface area contributed by atoms with E-state index in [1.165, 1.54) is 13.2 Å². The molecule has 8 heteroatoms. The summed E-state index contributed by atoms with van der Waals surface area (Å²) in [6.45, 7) is 3.86. The lowest BCUT2D eigenvalue weighted by Crippen LogP contribution is -2.43. The third-order valence-electron chi connectivity index (χ3n) is 5.12. The molecule has 29 heavy (non-hydrogen) atoms. The SMILES string of the molecule is COCCOC(=O)C1C(=N)OC2=C(C(=O)CC(C)(C)C2)C1c1ccc(F)cc1F. The summed E-state index contributed by atoms with van der Waals surface area (Å²) in [5.41, 5.74) is -0.290. The molecule has 6 nitrogen and oxygen atoms in total. The Hall–Kier alpha value is -2.61. The van der Waals surface area contributed by atoms with Gasteiger partial charge in [0, 0.05) is 37.5 Å². The van der Waals surface area contributed by atoms with Crippen molar-refractivity contribution >= 4 is 17.7 Å². The Labute approximate surface area is 167 Å². The van der Waals surface area contributed by atoms with Crippen molar-refractivity contribution in [3.05, 3.63) is 46.7 Å². The number of ketones is 1. The van der Waals surface area contributed by atoms with Crippen LogP contribution >= 0.6 is 0 Å². The van der Waals surface area contributed by atoms with Crippen LogP contribution < -0.4 is 0 Å². The number of hydrogen-bond donors (Lipinski definition) is 1. The highest BCUT2D eigenvalue weighted by Gasteiger charge is 2.49. The maximum atomic E-state index is 14.7. The smallest absolute Gasteiger partial charge is 0.319 e. The van der Waals surface area contributed by atoms with Gasteiger partial charge in [0.2, 0.25) is 5.90 Å². The molecule has 0 spiro atoms. The quantitative estimate of drug-likeness (QED) is 0.596. The molecule has 2 aliphatic rings. The number of rotatable bonds is 5. The van der Waals surface area contributed by atoms with Gasteiger partial charge in [-0.15, -0.1) is 0 Å². The molecule has 1 aliphatic heterocycles. The third-order valence-corrected chi connectivity index (χ3v) is 5.12. The van der Waals surface area contributed by atoms with Gasteiger partial charge in [-0.05, 0) is 17.0 Å². The summed E-state index contributed by atoms with van der Waals surface area (Å²) in [4.78, 5) is 25.7. The fourth-order valence-electron chi connectivity index (χ4n) is 3.88. The van der Waals surface area contributed by atoms with Gasteiger partial charge in [-0.25, -0.2) is 8.78 Å². The predicted molar refractivity (Wildman–Crippen MR) is 99.3 cm³/mol. The molecule has 1 N–H and O–H groups in total. The summed E-state index contributed by atoms with van der Waals surface area (Å²) >= 11 is 0. The first-order chi connectivity index (χ1) is 13.6. The summed E-state index contributed by atoms with van der Waals surface area (Å²) in [6, 6.07) is 2.95. The Kier molecular flexibility index (Phi) is 5.84. The number of halogens is 2. The second-order valence-electron chi connectivity index (χ2n) is 8.03. The van der Waals surface area contributed by atoms with E-state index in [4.69, 9.17) is 19.6 Å². The largest absolute Gasteiger partial charge is 0.463 e. The van der Waals surface area contributed by atoms with Gasteiger partial charge in [-0.3, -0.25) is 15.0 Å². The van der Waals surface area contributed by atoms with Gasteiger partial charge in [0.15, 0.2) is 5.78 Å². The van der Waals surface area contributed by atoms with Crippen molar-refractivity contribution in [2.24, 2.45) is 11.3 Å². The number of nitrogens with one attached hydrogen (secondary N) is 1. The third kappa shape index (κ3) is 4.22. The van der Waals surface area contributed by atoms with E-state index in [-0.39, 0.29) is 42.3 Å². The van der Waals surface area contributed by atoms with Gasteiger partial charge < -0.3 is 14.2 Å². The van der Waals surface area contributed by atoms with E-state index < -0.39 is 40.8 Å². The fraction of sp³-hybridized carbons (Fsp3) is 0.476. The number of allylic oxidation sites excluding steroid dienone is 2. The van der Waals surface area contributed by atoms with Crippen molar-refractivity contribution in [2.75, 3.05) is 20.3 Å². The lowest BCUT2D eigenvalue weighted by atomic mass is 9.68. The second kappa shape index (κ2) is 8.02. The number of methoxy groups -OCH3 is 1. The Bertz CT molecular complexity index is 893. The highest BCUT2D eigenvalue weighted by Crippen LogP contribution is 2.48. The number of carbonyl (C=O) groups is 2. The average molecular weight is 407 g/mol. The molecule has 0 aromatic heterocycles. The lowest BCUT2D eigenvalue weighted by molar-refractivity contribution is -0.148. The maximum Gasteiger partial charge on any atom is 0.319 e. The number of Topliss-reactive ketones (excluding diaryl/α,β-unsaturated/α-hetero) is 1. The lowest BCUT2D eigenvalue weighted by Gasteiger charge is -2.40. The van der Waals surface area contributed by atoms with E-state index in [0.717, 1.165) is 6.07 Å². The molecule has 0 fully saturated rings. The topological polar surface area (TPSA) is 85.7 Å². The van der Waals surface area contributed by atoms with Crippen LogP contribution in [0.3, 0.4) is 0 Å². The van der Waals surface area contributed by atoms with Crippen LogP contribution in [-0.4, -0.2) is 38.0 Å². The normalized spacial score (nSPS) is 23.5. The summed E-state index contributed by atoms with van der Waals surface area (Å²) in [5.74, 6) is -5.43. The van der Waals surface area contributed by atoms with Crippen LogP contribution in [0.2, 0.25) is 0 Å². The highest BCUT2D eigenvalue weighted by atomic mass is 19.1. The first-order valence-electron chi connectivity index (χ1n) is 9.27. The predicted octanol–water partition coefficient (Wildman–Crippen LogP) is 3.50. The molecule has 1 aromatic rings. The molecule has 156 valence electrons. The monoisotopic (exact) mass is 407 g/mol. The van der Waals surface area contributed by atoms with E-state index in [9.17, 15) is 18.4 Å². The number of benzene rings is 1. The van der Waals surface area contributed by atoms with Crippen molar-refractivity contribution < 1.29 is 32.6 Å². The molecule has 1 aromatic carbocycles.